The first kappa shape index (κ1) is 7.93. The second-order valence-corrected chi connectivity index (χ2v) is 3.70. The number of oxazole rings is 1. The third-order valence-corrected chi connectivity index (χ3v) is 2.75. The van der Waals surface area contributed by atoms with Crippen molar-refractivity contribution in [3.63, 3.8) is 0 Å². The minimum atomic E-state index is 0.624. The number of nitrogens with zero attached hydrogens (tertiary/aromatic N) is 2. The fraction of sp³-hybridized carbons (Fsp3) is 0. The molecule has 16 heavy (non-hydrogen) atoms. The molecule has 0 amide bonds. The first-order valence-electron chi connectivity index (χ1n) is 5.10. The lowest BCUT2D eigenvalue weighted by molar-refractivity contribution is 0.643. The molecule has 3 nitrogen and oxygen atoms in total. The maximum Gasteiger partial charge on any atom is 0.307 e. The number of para-hydroxylation sites is 3. The van der Waals surface area contributed by atoms with Gasteiger partial charge >= 0.3 is 5.84 Å². The van der Waals surface area contributed by atoms with Gasteiger partial charge in [-0.3, -0.25) is 4.40 Å². The molecular weight excluding hydrogens is 200 g/mol. The summed E-state index contributed by atoms with van der Waals surface area (Å²) in [4.78, 5) is 4.43. The number of rotatable bonds is 0. The van der Waals surface area contributed by atoms with Gasteiger partial charge in [0.2, 0.25) is 0 Å². The molecule has 4 rings (SSSR count). The lowest BCUT2D eigenvalue weighted by Crippen LogP contribution is -1.79. The molecule has 0 saturated carbocycles. The van der Waals surface area contributed by atoms with Crippen molar-refractivity contribution in [2.45, 2.75) is 0 Å². The molecule has 0 aliphatic heterocycles. The summed E-state index contributed by atoms with van der Waals surface area (Å²) in [6.45, 7) is 0. The van der Waals surface area contributed by atoms with Gasteiger partial charge in [-0.15, -0.1) is 0 Å². The Morgan fingerprint density at radius 2 is 2.06 bits per heavy atom. The summed E-state index contributed by atoms with van der Waals surface area (Å²) < 4.78 is 7.65. The highest BCUT2D eigenvalue weighted by atomic mass is 16.4. The molecule has 75 valence electrons. The van der Waals surface area contributed by atoms with Gasteiger partial charge in [0.05, 0.1) is 11.0 Å². The van der Waals surface area contributed by atoms with E-state index in [2.05, 4.69) is 11.1 Å². The fourth-order valence-corrected chi connectivity index (χ4v) is 2.06. The van der Waals surface area contributed by atoms with Crippen LogP contribution in [0, 0.1) is 6.07 Å². The molecule has 0 unspecified atom stereocenters. The number of aromatic nitrogens is 2. The Labute approximate surface area is 90.9 Å². The van der Waals surface area contributed by atoms with Crippen molar-refractivity contribution in [1.29, 1.82) is 0 Å². The Kier molecular flexibility index (Phi) is 1.31. The van der Waals surface area contributed by atoms with E-state index in [1.807, 2.05) is 46.9 Å². The van der Waals surface area contributed by atoms with Crippen molar-refractivity contribution in [2.75, 3.05) is 0 Å². The standard InChI is InChI=1S/C13H7N2O/c1-2-6-10-9(5-1)14-13-15(10)11-7-3-4-8-12(11)16-13/h1-6,8H. The zero-order chi connectivity index (χ0) is 10.5. The van der Waals surface area contributed by atoms with Gasteiger partial charge in [-0.05, 0) is 18.2 Å². The molecule has 0 aliphatic rings. The SMILES string of the molecule is [c]1cccc2oc3nc4ccccc4n3c12. The zero-order valence-corrected chi connectivity index (χ0v) is 8.34. The quantitative estimate of drug-likeness (QED) is 0.443. The number of imidazole rings is 1. The van der Waals surface area contributed by atoms with Crippen molar-refractivity contribution >= 4 is 28.0 Å². The molecule has 1 radical (unpaired) electrons. The van der Waals surface area contributed by atoms with E-state index in [0.29, 0.717) is 5.84 Å². The predicted molar refractivity (Wildman–Crippen MR) is 61.3 cm³/mol. The molecule has 2 heterocycles. The van der Waals surface area contributed by atoms with E-state index in [4.69, 9.17) is 4.42 Å². The molecule has 2 aromatic carbocycles. The number of hydrogen-bond donors (Lipinski definition) is 0. The van der Waals surface area contributed by atoms with Crippen molar-refractivity contribution < 1.29 is 4.42 Å². The Bertz CT molecular complexity index is 745. The first-order valence-corrected chi connectivity index (χ1v) is 5.10. The Morgan fingerprint density at radius 3 is 3.06 bits per heavy atom. The average molecular weight is 207 g/mol. The van der Waals surface area contributed by atoms with Crippen LogP contribution in [0.4, 0.5) is 0 Å². The van der Waals surface area contributed by atoms with Crippen LogP contribution < -0.4 is 0 Å². The smallest absolute Gasteiger partial charge is 0.307 e. The minimum Gasteiger partial charge on any atom is -0.423 e. The van der Waals surface area contributed by atoms with Crippen molar-refractivity contribution in [3.8, 4) is 0 Å². The molecular formula is C13H7N2O. The van der Waals surface area contributed by atoms with Crippen LogP contribution in [0.25, 0.3) is 28.0 Å². The van der Waals surface area contributed by atoms with Gasteiger partial charge in [-0.1, -0.05) is 24.3 Å². The zero-order valence-electron chi connectivity index (χ0n) is 8.34. The highest BCUT2D eigenvalue weighted by Gasteiger charge is 2.11. The van der Waals surface area contributed by atoms with E-state index in [-0.39, 0.29) is 0 Å². The molecule has 0 fully saturated rings. The Balaban J connectivity index is 2.38. The molecule has 2 aromatic heterocycles. The maximum atomic E-state index is 5.66. The lowest BCUT2D eigenvalue weighted by atomic mass is 10.3. The lowest BCUT2D eigenvalue weighted by Gasteiger charge is -1.90. The molecule has 0 aliphatic carbocycles. The fourth-order valence-electron chi connectivity index (χ4n) is 2.06. The van der Waals surface area contributed by atoms with E-state index < -0.39 is 0 Å². The number of benzene rings is 2. The molecule has 0 saturated heterocycles. The number of hydrogen-bond acceptors (Lipinski definition) is 2. The molecule has 0 spiro atoms. The molecule has 0 N–H and O–H groups in total. The van der Waals surface area contributed by atoms with E-state index in [1.54, 1.807) is 0 Å². The number of fused-ring (bicyclic) bond motifs is 5. The molecule has 4 aromatic rings. The van der Waals surface area contributed by atoms with Crippen LogP contribution in [0.3, 0.4) is 0 Å². The summed E-state index contributed by atoms with van der Waals surface area (Å²) >= 11 is 0. The van der Waals surface area contributed by atoms with Gasteiger partial charge in [0.15, 0.2) is 5.58 Å². The topological polar surface area (TPSA) is 30.4 Å². The van der Waals surface area contributed by atoms with Crippen LogP contribution in [0.1, 0.15) is 0 Å². The maximum absolute atomic E-state index is 5.66. The highest BCUT2D eigenvalue weighted by Crippen LogP contribution is 2.24. The monoisotopic (exact) mass is 207 g/mol. The van der Waals surface area contributed by atoms with E-state index in [0.717, 1.165) is 22.1 Å². The second-order valence-electron chi connectivity index (χ2n) is 3.70. The van der Waals surface area contributed by atoms with Gasteiger partial charge in [-0.2, -0.15) is 4.98 Å². The van der Waals surface area contributed by atoms with Crippen molar-refractivity contribution in [1.82, 2.24) is 9.38 Å². The Hall–Kier alpha value is -2.29. The van der Waals surface area contributed by atoms with Gasteiger partial charge < -0.3 is 4.42 Å². The van der Waals surface area contributed by atoms with Gasteiger partial charge in [0.1, 0.15) is 5.52 Å². The van der Waals surface area contributed by atoms with Crippen LogP contribution in [-0.4, -0.2) is 9.38 Å². The van der Waals surface area contributed by atoms with Crippen LogP contribution in [0.2, 0.25) is 0 Å². The normalized spacial score (nSPS) is 11.8. The van der Waals surface area contributed by atoms with Crippen LogP contribution in [0.5, 0.6) is 0 Å². The first-order chi connectivity index (χ1) is 7.93. The van der Waals surface area contributed by atoms with Crippen molar-refractivity contribution in [3.05, 3.63) is 48.5 Å². The molecule has 0 bridgehead atoms. The van der Waals surface area contributed by atoms with Crippen LogP contribution >= 0.6 is 0 Å². The second kappa shape index (κ2) is 2.64. The predicted octanol–water partition coefficient (Wildman–Crippen LogP) is 3.03. The largest absolute Gasteiger partial charge is 0.423 e. The average Bonchev–Trinajstić information content (AvgIpc) is 2.83. The third-order valence-electron chi connectivity index (χ3n) is 2.75. The van der Waals surface area contributed by atoms with Gasteiger partial charge in [-0.25, -0.2) is 0 Å². The van der Waals surface area contributed by atoms with Gasteiger partial charge in [0.25, 0.3) is 0 Å². The van der Waals surface area contributed by atoms with E-state index >= 15 is 0 Å². The molecule has 0 atom stereocenters. The van der Waals surface area contributed by atoms with E-state index in [1.165, 1.54) is 0 Å². The van der Waals surface area contributed by atoms with Crippen LogP contribution in [0.15, 0.2) is 46.9 Å². The summed E-state index contributed by atoms with van der Waals surface area (Å²) in [7, 11) is 0. The van der Waals surface area contributed by atoms with Crippen molar-refractivity contribution in [2.24, 2.45) is 0 Å². The summed E-state index contributed by atoms with van der Waals surface area (Å²) in [5.41, 5.74) is 3.75. The summed E-state index contributed by atoms with van der Waals surface area (Å²) in [6.07, 6.45) is 0. The highest BCUT2D eigenvalue weighted by molar-refractivity contribution is 5.87. The van der Waals surface area contributed by atoms with Crippen LogP contribution in [-0.2, 0) is 0 Å². The summed E-state index contributed by atoms with van der Waals surface area (Å²) in [5.74, 6) is 0.624. The minimum absolute atomic E-state index is 0.624. The van der Waals surface area contributed by atoms with E-state index in [9.17, 15) is 0 Å². The third kappa shape index (κ3) is 0.852. The molecule has 3 heteroatoms. The van der Waals surface area contributed by atoms with Gasteiger partial charge in [0, 0.05) is 6.07 Å². The summed E-state index contributed by atoms with van der Waals surface area (Å²) in [5, 5.41) is 0. The Morgan fingerprint density at radius 1 is 1.12 bits per heavy atom. The summed E-state index contributed by atoms with van der Waals surface area (Å²) in [6, 6.07) is 16.9.